The molecule has 0 aromatic carbocycles. The van der Waals surface area contributed by atoms with E-state index >= 15 is 0 Å². The van der Waals surface area contributed by atoms with Crippen molar-refractivity contribution in [3.05, 3.63) is 0 Å². The molecule has 0 heterocycles. The third kappa shape index (κ3) is 11.5. The molecule has 12 heteroatoms. The second kappa shape index (κ2) is 14.2. The molecule has 0 aromatic heterocycles. The number of carboxylic acids is 1. The van der Waals surface area contributed by atoms with E-state index in [1.807, 2.05) is 13.8 Å². The van der Waals surface area contributed by atoms with Crippen LogP contribution in [0.5, 0.6) is 0 Å². The summed E-state index contributed by atoms with van der Waals surface area (Å²) in [5.41, 5.74) is 16.3. The molecule has 0 radical (unpaired) electrons. The van der Waals surface area contributed by atoms with E-state index in [9.17, 15) is 24.3 Å². The maximum Gasteiger partial charge on any atom is 0.326 e. The molecule has 0 saturated heterocycles. The van der Waals surface area contributed by atoms with Crippen LogP contribution in [0.25, 0.3) is 0 Å². The minimum absolute atomic E-state index is 0.0450. The van der Waals surface area contributed by atoms with Crippen LogP contribution in [0.2, 0.25) is 0 Å². The van der Waals surface area contributed by atoms with Gasteiger partial charge in [0.15, 0.2) is 5.96 Å². The average Bonchev–Trinajstić information content (AvgIpc) is 2.67. The molecule has 0 rings (SSSR count). The number of guanidine groups is 1. The zero-order chi connectivity index (χ0) is 25.0. The molecular weight excluding hydrogens is 418 g/mol. The van der Waals surface area contributed by atoms with Crippen molar-refractivity contribution in [2.45, 2.75) is 78.0 Å². The summed E-state index contributed by atoms with van der Waals surface area (Å²) in [5, 5.41) is 16.9. The highest BCUT2D eigenvalue weighted by molar-refractivity contribution is 5.93. The molecule has 0 aliphatic rings. The first kappa shape index (κ1) is 29.1. The number of hydrogen-bond acceptors (Lipinski definition) is 6. The van der Waals surface area contributed by atoms with E-state index in [0.717, 1.165) is 0 Å². The number of nitrogens with zero attached hydrogens (tertiary/aromatic N) is 1. The van der Waals surface area contributed by atoms with Crippen molar-refractivity contribution in [3.8, 4) is 0 Å². The number of rotatable bonds is 14. The van der Waals surface area contributed by atoms with Crippen LogP contribution < -0.4 is 33.2 Å². The van der Waals surface area contributed by atoms with Gasteiger partial charge in [-0.05, 0) is 38.0 Å². The fourth-order valence-corrected chi connectivity index (χ4v) is 2.80. The topological polar surface area (TPSA) is 215 Å². The third-order valence-electron chi connectivity index (χ3n) is 4.63. The van der Waals surface area contributed by atoms with Crippen molar-refractivity contribution in [3.63, 3.8) is 0 Å². The largest absolute Gasteiger partial charge is 0.480 e. The Hall–Kier alpha value is -2.89. The van der Waals surface area contributed by atoms with Gasteiger partial charge in [0.05, 0.1) is 6.04 Å². The zero-order valence-corrected chi connectivity index (χ0v) is 19.6. The van der Waals surface area contributed by atoms with Crippen LogP contribution in [-0.2, 0) is 19.2 Å². The van der Waals surface area contributed by atoms with Crippen LogP contribution >= 0.6 is 0 Å². The number of carboxylic acid groups (broad SMARTS) is 1. The summed E-state index contributed by atoms with van der Waals surface area (Å²) in [7, 11) is 0. The van der Waals surface area contributed by atoms with Gasteiger partial charge in [-0.1, -0.05) is 27.7 Å². The number of carbonyl (C=O) groups is 4. The van der Waals surface area contributed by atoms with E-state index in [1.54, 1.807) is 13.8 Å². The molecule has 184 valence electrons. The minimum Gasteiger partial charge on any atom is -0.480 e. The molecule has 4 unspecified atom stereocenters. The molecule has 0 spiro atoms. The summed E-state index contributed by atoms with van der Waals surface area (Å²) in [5.74, 6) is -3.18. The molecule has 0 aliphatic heterocycles. The highest BCUT2D eigenvalue weighted by Gasteiger charge is 2.30. The standard InChI is InChI=1S/C20H39N7O5/c1-10(2)9-14(18(30)27-15(11(3)4)19(31)32)26-16(28)12(5)25-17(29)13(21)7-6-8-24-20(22)23/h10-15H,6-9,21H2,1-5H3,(H,25,29)(H,26,28)(H,27,30)(H,31,32)(H4,22,23,24). The molecule has 3 amide bonds. The van der Waals surface area contributed by atoms with Gasteiger partial charge in [0.25, 0.3) is 0 Å². The monoisotopic (exact) mass is 457 g/mol. The summed E-state index contributed by atoms with van der Waals surface area (Å²) in [6.45, 7) is 8.89. The van der Waals surface area contributed by atoms with E-state index in [-0.39, 0.29) is 17.8 Å². The first-order valence-corrected chi connectivity index (χ1v) is 10.7. The quantitative estimate of drug-likeness (QED) is 0.0935. The fourth-order valence-electron chi connectivity index (χ4n) is 2.80. The maximum absolute atomic E-state index is 12.7. The lowest BCUT2D eigenvalue weighted by molar-refractivity contribution is -0.143. The summed E-state index contributed by atoms with van der Waals surface area (Å²) >= 11 is 0. The molecular formula is C20H39N7O5. The molecule has 0 aliphatic carbocycles. The van der Waals surface area contributed by atoms with E-state index in [0.29, 0.717) is 25.8 Å². The van der Waals surface area contributed by atoms with Crippen molar-refractivity contribution in [2.24, 2.45) is 34.0 Å². The van der Waals surface area contributed by atoms with Crippen molar-refractivity contribution in [1.82, 2.24) is 16.0 Å². The fraction of sp³-hybridized carbons (Fsp3) is 0.750. The van der Waals surface area contributed by atoms with Gasteiger partial charge in [-0.3, -0.25) is 19.4 Å². The number of aliphatic carboxylic acids is 1. The molecule has 0 saturated carbocycles. The normalized spacial score (nSPS) is 14.8. The van der Waals surface area contributed by atoms with E-state index in [4.69, 9.17) is 17.2 Å². The summed E-state index contributed by atoms with van der Waals surface area (Å²) < 4.78 is 0. The Morgan fingerprint density at radius 3 is 1.97 bits per heavy atom. The van der Waals surface area contributed by atoms with Gasteiger partial charge < -0.3 is 38.3 Å². The Kier molecular flexibility index (Phi) is 12.9. The molecule has 4 atom stereocenters. The average molecular weight is 458 g/mol. The smallest absolute Gasteiger partial charge is 0.326 e. The Morgan fingerprint density at radius 2 is 1.50 bits per heavy atom. The lowest BCUT2D eigenvalue weighted by Gasteiger charge is -2.25. The highest BCUT2D eigenvalue weighted by atomic mass is 16.4. The van der Waals surface area contributed by atoms with Crippen molar-refractivity contribution >= 4 is 29.7 Å². The van der Waals surface area contributed by atoms with Crippen LogP contribution in [-0.4, -0.2) is 65.5 Å². The first-order valence-electron chi connectivity index (χ1n) is 10.7. The summed E-state index contributed by atoms with van der Waals surface area (Å²) in [4.78, 5) is 52.7. The van der Waals surface area contributed by atoms with Crippen molar-refractivity contribution in [1.29, 1.82) is 0 Å². The van der Waals surface area contributed by atoms with Gasteiger partial charge >= 0.3 is 5.97 Å². The van der Waals surface area contributed by atoms with Crippen LogP contribution in [0, 0.1) is 11.8 Å². The van der Waals surface area contributed by atoms with E-state index < -0.39 is 47.9 Å². The molecule has 32 heavy (non-hydrogen) atoms. The molecule has 12 nitrogen and oxygen atoms in total. The number of aliphatic imine (C=N–C) groups is 1. The summed E-state index contributed by atoms with van der Waals surface area (Å²) in [6, 6.07) is -3.83. The minimum atomic E-state index is -1.16. The second-order valence-electron chi connectivity index (χ2n) is 8.54. The van der Waals surface area contributed by atoms with Gasteiger partial charge in [-0.15, -0.1) is 0 Å². The number of hydrogen-bond donors (Lipinski definition) is 7. The van der Waals surface area contributed by atoms with Crippen LogP contribution in [0.4, 0.5) is 0 Å². The lowest BCUT2D eigenvalue weighted by atomic mass is 10.00. The van der Waals surface area contributed by atoms with Gasteiger partial charge in [0.1, 0.15) is 18.1 Å². The maximum atomic E-state index is 12.7. The summed E-state index contributed by atoms with van der Waals surface area (Å²) in [6.07, 6.45) is 1.11. The van der Waals surface area contributed by atoms with Gasteiger partial charge in [-0.2, -0.15) is 0 Å². The zero-order valence-electron chi connectivity index (χ0n) is 19.6. The first-order chi connectivity index (χ1) is 14.8. The SMILES string of the molecule is CC(C)CC(NC(=O)C(C)NC(=O)C(N)CCCN=C(N)N)C(=O)NC(C(=O)O)C(C)C. The van der Waals surface area contributed by atoms with Crippen molar-refractivity contribution in [2.75, 3.05) is 6.54 Å². The number of carbonyl (C=O) groups excluding carboxylic acids is 3. The Labute approximate surface area is 189 Å². The Balaban J connectivity index is 4.95. The van der Waals surface area contributed by atoms with E-state index in [2.05, 4.69) is 20.9 Å². The van der Waals surface area contributed by atoms with Crippen LogP contribution in [0.15, 0.2) is 4.99 Å². The highest BCUT2D eigenvalue weighted by Crippen LogP contribution is 2.08. The van der Waals surface area contributed by atoms with Crippen molar-refractivity contribution < 1.29 is 24.3 Å². The lowest BCUT2D eigenvalue weighted by Crippen LogP contribution is -2.57. The van der Waals surface area contributed by atoms with Gasteiger partial charge in [0, 0.05) is 6.54 Å². The van der Waals surface area contributed by atoms with Gasteiger partial charge in [-0.25, -0.2) is 4.79 Å². The number of nitrogens with two attached hydrogens (primary N) is 3. The second-order valence-corrected chi connectivity index (χ2v) is 8.54. The number of amides is 3. The van der Waals surface area contributed by atoms with Crippen LogP contribution in [0.3, 0.4) is 0 Å². The van der Waals surface area contributed by atoms with E-state index in [1.165, 1.54) is 6.92 Å². The van der Waals surface area contributed by atoms with Crippen LogP contribution in [0.1, 0.15) is 53.9 Å². The Morgan fingerprint density at radius 1 is 0.906 bits per heavy atom. The predicted molar refractivity (Wildman–Crippen MR) is 121 cm³/mol. The molecule has 0 fully saturated rings. The third-order valence-corrected chi connectivity index (χ3v) is 4.63. The molecule has 0 bridgehead atoms. The molecule has 10 N–H and O–H groups in total. The number of nitrogens with one attached hydrogen (secondary N) is 3. The van der Waals surface area contributed by atoms with Gasteiger partial charge in [0.2, 0.25) is 17.7 Å². The predicted octanol–water partition coefficient (Wildman–Crippen LogP) is -1.37. The molecule has 0 aromatic rings. The Bertz CT molecular complexity index is 677.